The molecule has 1 heterocycles. The third-order valence-corrected chi connectivity index (χ3v) is 3.24. The summed E-state index contributed by atoms with van der Waals surface area (Å²) in [6.07, 6.45) is 0.722. The molecule has 20 heavy (non-hydrogen) atoms. The maximum absolute atomic E-state index is 12.0. The first-order valence-corrected chi connectivity index (χ1v) is 6.83. The second kappa shape index (κ2) is 5.90. The summed E-state index contributed by atoms with van der Waals surface area (Å²) in [7, 11) is 0. The second-order valence-electron chi connectivity index (χ2n) is 5.45. The van der Waals surface area contributed by atoms with Crippen LogP contribution in [0.25, 0.3) is 0 Å². The van der Waals surface area contributed by atoms with Gasteiger partial charge in [0, 0.05) is 0 Å². The van der Waals surface area contributed by atoms with Crippen molar-refractivity contribution in [2.24, 2.45) is 10.9 Å². The van der Waals surface area contributed by atoms with Crippen molar-refractivity contribution in [1.82, 2.24) is 5.32 Å². The Labute approximate surface area is 119 Å². The van der Waals surface area contributed by atoms with E-state index in [-0.39, 0.29) is 17.7 Å². The SMILES string of the molecule is CC(=Nc1ccccc1)C1=C(O)C(CC(C)C)NC1=O. The Morgan fingerprint density at radius 2 is 2.00 bits per heavy atom. The van der Waals surface area contributed by atoms with Gasteiger partial charge in [-0.2, -0.15) is 0 Å². The molecule has 0 saturated heterocycles. The average molecular weight is 272 g/mol. The standard InChI is InChI=1S/C16H20N2O2/c1-10(2)9-13-15(19)14(16(20)18-13)11(3)17-12-7-5-4-6-8-12/h4-8,10,13,19H,9H2,1-3H3,(H,18,20). The number of hydrogen-bond acceptors (Lipinski definition) is 3. The molecule has 0 aliphatic carbocycles. The van der Waals surface area contributed by atoms with Gasteiger partial charge in [0.25, 0.3) is 5.91 Å². The predicted molar refractivity (Wildman–Crippen MR) is 80.3 cm³/mol. The summed E-state index contributed by atoms with van der Waals surface area (Å²) in [6, 6.07) is 9.11. The van der Waals surface area contributed by atoms with Crippen LogP contribution in [0.4, 0.5) is 5.69 Å². The fourth-order valence-corrected chi connectivity index (χ4v) is 2.33. The number of para-hydroxylation sites is 1. The van der Waals surface area contributed by atoms with Crippen LogP contribution < -0.4 is 5.32 Å². The van der Waals surface area contributed by atoms with Crippen LogP contribution in [0.1, 0.15) is 27.2 Å². The van der Waals surface area contributed by atoms with Crippen LogP contribution in [-0.2, 0) is 4.79 Å². The maximum Gasteiger partial charge on any atom is 0.257 e. The molecule has 0 radical (unpaired) electrons. The van der Waals surface area contributed by atoms with E-state index in [4.69, 9.17) is 0 Å². The molecular weight excluding hydrogens is 252 g/mol. The summed E-state index contributed by atoms with van der Waals surface area (Å²) < 4.78 is 0. The Balaban J connectivity index is 2.28. The van der Waals surface area contributed by atoms with Gasteiger partial charge in [0.05, 0.1) is 17.4 Å². The number of benzene rings is 1. The first kappa shape index (κ1) is 14.3. The van der Waals surface area contributed by atoms with Gasteiger partial charge in [0.1, 0.15) is 11.3 Å². The van der Waals surface area contributed by atoms with Gasteiger partial charge in [-0.3, -0.25) is 9.79 Å². The lowest BCUT2D eigenvalue weighted by Crippen LogP contribution is -2.30. The monoisotopic (exact) mass is 272 g/mol. The van der Waals surface area contributed by atoms with Gasteiger partial charge in [-0.1, -0.05) is 32.0 Å². The molecule has 0 spiro atoms. The zero-order chi connectivity index (χ0) is 14.7. The molecule has 2 N–H and O–H groups in total. The number of carbonyl (C=O) groups is 1. The molecule has 0 fully saturated rings. The number of nitrogens with zero attached hydrogens (tertiary/aromatic N) is 1. The number of carbonyl (C=O) groups excluding carboxylic acids is 1. The van der Waals surface area contributed by atoms with Crippen LogP contribution in [0.15, 0.2) is 46.7 Å². The van der Waals surface area contributed by atoms with E-state index >= 15 is 0 Å². The van der Waals surface area contributed by atoms with E-state index in [1.165, 1.54) is 0 Å². The lowest BCUT2D eigenvalue weighted by molar-refractivity contribution is -0.116. The molecule has 1 atom stereocenters. The Morgan fingerprint density at radius 3 is 2.60 bits per heavy atom. The maximum atomic E-state index is 12.0. The Kier molecular flexibility index (Phi) is 4.23. The van der Waals surface area contributed by atoms with Crippen molar-refractivity contribution in [3.63, 3.8) is 0 Å². The summed E-state index contributed by atoms with van der Waals surface area (Å²) in [5.41, 5.74) is 1.61. The van der Waals surface area contributed by atoms with E-state index < -0.39 is 0 Å². The molecule has 1 aliphatic heterocycles. The number of rotatable bonds is 4. The molecule has 4 heteroatoms. The molecule has 106 valence electrons. The van der Waals surface area contributed by atoms with Gasteiger partial charge >= 0.3 is 0 Å². The normalized spacial score (nSPS) is 19.7. The zero-order valence-electron chi connectivity index (χ0n) is 12.1. The molecule has 0 bridgehead atoms. The Bertz CT molecular complexity index is 559. The van der Waals surface area contributed by atoms with Gasteiger partial charge in [0.2, 0.25) is 0 Å². The number of aliphatic hydroxyl groups excluding tert-OH is 1. The lowest BCUT2D eigenvalue weighted by Gasteiger charge is -2.13. The second-order valence-corrected chi connectivity index (χ2v) is 5.45. The molecule has 0 aromatic heterocycles. The van der Waals surface area contributed by atoms with E-state index in [0.717, 1.165) is 12.1 Å². The van der Waals surface area contributed by atoms with Crippen molar-refractivity contribution in [2.75, 3.05) is 0 Å². The van der Waals surface area contributed by atoms with Crippen LogP contribution in [0, 0.1) is 5.92 Å². The molecule has 0 saturated carbocycles. The number of nitrogens with one attached hydrogen (secondary N) is 1. The van der Waals surface area contributed by atoms with Crippen molar-refractivity contribution < 1.29 is 9.90 Å². The lowest BCUT2D eigenvalue weighted by atomic mass is 10.0. The van der Waals surface area contributed by atoms with E-state index in [9.17, 15) is 9.90 Å². The smallest absolute Gasteiger partial charge is 0.257 e. The highest BCUT2D eigenvalue weighted by atomic mass is 16.3. The first-order chi connectivity index (χ1) is 9.49. The highest BCUT2D eigenvalue weighted by Crippen LogP contribution is 2.23. The van der Waals surface area contributed by atoms with Crippen molar-refractivity contribution >= 4 is 17.3 Å². The number of aliphatic hydroxyl groups is 1. The molecule has 1 aromatic rings. The van der Waals surface area contributed by atoms with Crippen LogP contribution in [0.3, 0.4) is 0 Å². The molecule has 1 aliphatic rings. The van der Waals surface area contributed by atoms with Crippen LogP contribution in [-0.4, -0.2) is 22.8 Å². The van der Waals surface area contributed by atoms with Crippen molar-refractivity contribution in [3.8, 4) is 0 Å². The molecule has 1 aromatic carbocycles. The fraction of sp³-hybridized carbons (Fsp3) is 0.375. The van der Waals surface area contributed by atoms with Gasteiger partial charge in [0.15, 0.2) is 0 Å². The molecule has 4 nitrogen and oxygen atoms in total. The van der Waals surface area contributed by atoms with Crippen LogP contribution in [0.5, 0.6) is 0 Å². The fourth-order valence-electron chi connectivity index (χ4n) is 2.33. The number of aliphatic imine (C=N–C) groups is 1. The number of amides is 1. The minimum atomic E-state index is -0.293. The highest BCUT2D eigenvalue weighted by molar-refractivity contribution is 6.23. The summed E-state index contributed by atoms with van der Waals surface area (Å²) in [4.78, 5) is 16.4. The third-order valence-electron chi connectivity index (χ3n) is 3.24. The van der Waals surface area contributed by atoms with Gasteiger partial charge < -0.3 is 10.4 Å². The van der Waals surface area contributed by atoms with Crippen molar-refractivity contribution in [2.45, 2.75) is 33.2 Å². The van der Waals surface area contributed by atoms with Crippen molar-refractivity contribution in [1.29, 1.82) is 0 Å². The summed E-state index contributed by atoms with van der Waals surface area (Å²) >= 11 is 0. The molecule has 1 amide bonds. The van der Waals surface area contributed by atoms with Crippen molar-refractivity contribution in [3.05, 3.63) is 41.7 Å². The van der Waals surface area contributed by atoms with E-state index in [1.807, 2.05) is 30.3 Å². The van der Waals surface area contributed by atoms with E-state index in [0.29, 0.717) is 17.2 Å². The Hall–Kier alpha value is -2.10. The average Bonchev–Trinajstić information content (AvgIpc) is 2.64. The zero-order valence-corrected chi connectivity index (χ0v) is 12.1. The van der Waals surface area contributed by atoms with E-state index in [2.05, 4.69) is 24.2 Å². The molecule has 2 rings (SSSR count). The van der Waals surface area contributed by atoms with Crippen LogP contribution in [0.2, 0.25) is 0 Å². The topological polar surface area (TPSA) is 61.7 Å². The van der Waals surface area contributed by atoms with Gasteiger partial charge in [-0.05, 0) is 31.4 Å². The first-order valence-electron chi connectivity index (χ1n) is 6.83. The van der Waals surface area contributed by atoms with Gasteiger partial charge in [-0.25, -0.2) is 0 Å². The molecular formula is C16H20N2O2. The van der Waals surface area contributed by atoms with E-state index in [1.54, 1.807) is 6.92 Å². The Morgan fingerprint density at radius 1 is 1.35 bits per heavy atom. The quantitative estimate of drug-likeness (QED) is 0.827. The minimum Gasteiger partial charge on any atom is -0.509 e. The summed E-state index contributed by atoms with van der Waals surface area (Å²) in [5, 5.41) is 13.0. The van der Waals surface area contributed by atoms with Crippen LogP contribution >= 0.6 is 0 Å². The minimum absolute atomic E-state index is 0.112. The number of hydrogen-bond donors (Lipinski definition) is 2. The summed E-state index contributed by atoms with van der Waals surface area (Å²) in [5.74, 6) is 0.263. The highest BCUT2D eigenvalue weighted by Gasteiger charge is 2.33. The third kappa shape index (κ3) is 3.07. The van der Waals surface area contributed by atoms with Gasteiger partial charge in [-0.15, -0.1) is 0 Å². The molecule has 1 unspecified atom stereocenters. The summed E-state index contributed by atoms with van der Waals surface area (Å²) in [6.45, 7) is 5.86. The largest absolute Gasteiger partial charge is 0.509 e. The predicted octanol–water partition coefficient (Wildman–Crippen LogP) is 3.14.